The first-order valence-corrected chi connectivity index (χ1v) is 8.13. The van der Waals surface area contributed by atoms with Crippen molar-refractivity contribution in [3.05, 3.63) is 0 Å². The van der Waals surface area contributed by atoms with Crippen LogP contribution in [0.3, 0.4) is 0 Å². The fraction of sp³-hybridized carbons (Fsp3) is 0.938. The summed E-state index contributed by atoms with van der Waals surface area (Å²) in [5.74, 6) is 0. The summed E-state index contributed by atoms with van der Waals surface area (Å²) >= 11 is 0. The lowest BCUT2D eigenvalue weighted by molar-refractivity contribution is 0.0142. The first kappa shape index (κ1) is 15.8. The summed E-state index contributed by atoms with van der Waals surface area (Å²) in [4.78, 5) is 5.11. The molecule has 20 heavy (non-hydrogen) atoms. The lowest BCUT2D eigenvalue weighted by atomic mass is 9.79. The van der Waals surface area contributed by atoms with Crippen molar-refractivity contribution in [2.75, 3.05) is 26.7 Å². The third kappa shape index (κ3) is 3.16. The molecule has 114 valence electrons. The van der Waals surface area contributed by atoms with Gasteiger partial charge in [-0.15, -0.1) is 0 Å². The van der Waals surface area contributed by atoms with Crippen LogP contribution in [0.2, 0.25) is 0 Å². The van der Waals surface area contributed by atoms with Gasteiger partial charge >= 0.3 is 0 Å². The molecule has 1 saturated carbocycles. The highest BCUT2D eigenvalue weighted by atomic mass is 15.3. The van der Waals surface area contributed by atoms with E-state index < -0.39 is 0 Å². The molecule has 2 rings (SSSR count). The molecule has 0 aromatic carbocycles. The number of hydrogen-bond donors (Lipinski definition) is 1. The Bertz CT molecular complexity index is 348. The first-order chi connectivity index (χ1) is 9.51. The molecule has 2 aliphatic rings. The molecule has 1 saturated heterocycles. The average Bonchev–Trinajstić information content (AvgIpc) is 2.45. The van der Waals surface area contributed by atoms with Gasteiger partial charge in [-0.25, -0.2) is 0 Å². The van der Waals surface area contributed by atoms with Crippen molar-refractivity contribution in [3.8, 4) is 6.07 Å². The molecule has 4 unspecified atom stereocenters. The molecular formula is C16H30N4. The molecule has 1 N–H and O–H groups in total. The Morgan fingerprint density at radius 2 is 1.95 bits per heavy atom. The summed E-state index contributed by atoms with van der Waals surface area (Å²) in [6, 6.07) is 4.36. The minimum atomic E-state index is -0.284. The number of nitrogens with one attached hydrogen (secondary N) is 1. The van der Waals surface area contributed by atoms with Crippen LogP contribution in [0, 0.1) is 11.3 Å². The van der Waals surface area contributed by atoms with Crippen LogP contribution in [0.25, 0.3) is 0 Å². The van der Waals surface area contributed by atoms with Crippen LogP contribution in [0.15, 0.2) is 0 Å². The molecule has 4 heteroatoms. The SMILES string of the molecule is CCNC1(C#N)CCCC(N2CC(C)N(C)C(C)C2)C1. The van der Waals surface area contributed by atoms with Crippen molar-refractivity contribution in [2.45, 2.75) is 70.1 Å². The smallest absolute Gasteiger partial charge is 0.108 e. The van der Waals surface area contributed by atoms with Gasteiger partial charge in [0.25, 0.3) is 0 Å². The quantitative estimate of drug-likeness (QED) is 0.855. The van der Waals surface area contributed by atoms with Crippen LogP contribution in [0.5, 0.6) is 0 Å². The topological polar surface area (TPSA) is 42.3 Å². The molecule has 4 nitrogen and oxygen atoms in total. The van der Waals surface area contributed by atoms with Crippen LogP contribution in [0.4, 0.5) is 0 Å². The van der Waals surface area contributed by atoms with Crippen molar-refractivity contribution in [3.63, 3.8) is 0 Å². The van der Waals surface area contributed by atoms with Gasteiger partial charge in [-0.05, 0) is 53.1 Å². The maximum Gasteiger partial charge on any atom is 0.108 e. The number of rotatable bonds is 3. The molecule has 4 atom stereocenters. The molecule has 0 aromatic heterocycles. The fourth-order valence-corrected chi connectivity index (χ4v) is 3.94. The largest absolute Gasteiger partial charge is 0.300 e. The molecule has 0 spiro atoms. The van der Waals surface area contributed by atoms with Gasteiger partial charge in [0.1, 0.15) is 5.54 Å². The van der Waals surface area contributed by atoms with E-state index >= 15 is 0 Å². The average molecular weight is 278 g/mol. The first-order valence-electron chi connectivity index (χ1n) is 8.13. The van der Waals surface area contributed by atoms with E-state index in [1.807, 2.05) is 0 Å². The maximum atomic E-state index is 9.60. The van der Waals surface area contributed by atoms with E-state index in [9.17, 15) is 5.26 Å². The van der Waals surface area contributed by atoms with Crippen molar-refractivity contribution in [1.29, 1.82) is 5.26 Å². The fourth-order valence-electron chi connectivity index (χ4n) is 3.94. The highest BCUT2D eigenvalue weighted by Crippen LogP contribution is 2.32. The van der Waals surface area contributed by atoms with Gasteiger partial charge in [-0.1, -0.05) is 6.92 Å². The van der Waals surface area contributed by atoms with Crippen molar-refractivity contribution in [2.24, 2.45) is 0 Å². The number of nitrogens with zero attached hydrogens (tertiary/aromatic N) is 3. The molecular weight excluding hydrogens is 248 g/mol. The maximum absolute atomic E-state index is 9.60. The molecule has 1 aliphatic carbocycles. The Hall–Kier alpha value is -0.630. The monoisotopic (exact) mass is 278 g/mol. The van der Waals surface area contributed by atoms with Crippen molar-refractivity contribution >= 4 is 0 Å². The predicted octanol–water partition coefficient (Wildman–Crippen LogP) is 1.83. The van der Waals surface area contributed by atoms with Crippen LogP contribution in [-0.4, -0.2) is 60.1 Å². The van der Waals surface area contributed by atoms with Crippen molar-refractivity contribution < 1.29 is 0 Å². The Morgan fingerprint density at radius 1 is 1.30 bits per heavy atom. The lowest BCUT2D eigenvalue weighted by Crippen LogP contribution is -2.60. The highest BCUT2D eigenvalue weighted by Gasteiger charge is 2.40. The van der Waals surface area contributed by atoms with Crippen LogP contribution in [-0.2, 0) is 0 Å². The third-order valence-electron chi connectivity index (χ3n) is 5.36. The van der Waals surface area contributed by atoms with E-state index in [0.717, 1.165) is 32.5 Å². The number of piperazine rings is 1. The normalized spacial score (nSPS) is 40.5. The molecule has 1 aliphatic heterocycles. The van der Waals surface area contributed by atoms with Gasteiger partial charge in [0.2, 0.25) is 0 Å². The summed E-state index contributed by atoms with van der Waals surface area (Å²) in [7, 11) is 2.23. The van der Waals surface area contributed by atoms with E-state index in [4.69, 9.17) is 0 Å². The molecule has 0 radical (unpaired) electrons. The zero-order chi connectivity index (χ0) is 14.8. The number of hydrogen-bond acceptors (Lipinski definition) is 4. The van der Waals surface area contributed by atoms with Gasteiger partial charge in [0.15, 0.2) is 0 Å². The summed E-state index contributed by atoms with van der Waals surface area (Å²) in [5.41, 5.74) is -0.284. The Balaban J connectivity index is 2.04. The third-order valence-corrected chi connectivity index (χ3v) is 5.36. The summed E-state index contributed by atoms with van der Waals surface area (Å²) in [6.07, 6.45) is 4.41. The summed E-state index contributed by atoms with van der Waals surface area (Å²) in [5, 5.41) is 13.0. The van der Waals surface area contributed by atoms with Gasteiger partial charge in [0.05, 0.1) is 6.07 Å². The zero-order valence-corrected chi connectivity index (χ0v) is 13.5. The molecule has 0 aromatic rings. The zero-order valence-electron chi connectivity index (χ0n) is 13.5. The predicted molar refractivity (Wildman–Crippen MR) is 82.5 cm³/mol. The standard InChI is InChI=1S/C16H30N4/c1-5-18-16(12-17)8-6-7-15(9-16)20-10-13(2)19(4)14(3)11-20/h13-15,18H,5-11H2,1-4H3. The van der Waals surface area contributed by atoms with E-state index in [1.165, 1.54) is 12.8 Å². The second-order valence-electron chi connectivity index (χ2n) is 6.79. The second kappa shape index (κ2) is 6.43. The van der Waals surface area contributed by atoms with Gasteiger partial charge in [0, 0.05) is 31.2 Å². The molecule has 0 bridgehead atoms. The molecule has 0 amide bonds. The Labute approximate surface area is 124 Å². The van der Waals surface area contributed by atoms with Gasteiger partial charge in [-0.3, -0.25) is 15.1 Å². The van der Waals surface area contributed by atoms with Crippen LogP contribution in [0.1, 0.15) is 46.5 Å². The van der Waals surface area contributed by atoms with E-state index in [-0.39, 0.29) is 5.54 Å². The molecule has 1 heterocycles. The summed E-state index contributed by atoms with van der Waals surface area (Å²) in [6.45, 7) is 9.89. The van der Waals surface area contributed by atoms with E-state index in [2.05, 4.69) is 49.0 Å². The number of likely N-dealkylation sites (N-methyl/N-ethyl adjacent to an activating group) is 1. The van der Waals surface area contributed by atoms with Gasteiger partial charge < -0.3 is 0 Å². The molecule has 2 fully saturated rings. The van der Waals surface area contributed by atoms with Crippen LogP contribution < -0.4 is 5.32 Å². The van der Waals surface area contributed by atoms with E-state index in [1.54, 1.807) is 0 Å². The highest BCUT2D eigenvalue weighted by molar-refractivity contribution is 5.11. The second-order valence-corrected chi connectivity index (χ2v) is 6.79. The minimum Gasteiger partial charge on any atom is -0.300 e. The number of nitriles is 1. The Kier molecular flexibility index (Phi) is 5.06. The summed E-state index contributed by atoms with van der Waals surface area (Å²) < 4.78 is 0. The van der Waals surface area contributed by atoms with Crippen LogP contribution >= 0.6 is 0 Å². The lowest BCUT2D eigenvalue weighted by Gasteiger charge is -2.48. The van der Waals surface area contributed by atoms with Gasteiger partial charge in [-0.2, -0.15) is 5.26 Å². The Morgan fingerprint density at radius 3 is 2.50 bits per heavy atom. The van der Waals surface area contributed by atoms with E-state index in [0.29, 0.717) is 18.1 Å². The van der Waals surface area contributed by atoms with Crippen molar-refractivity contribution in [1.82, 2.24) is 15.1 Å². The minimum absolute atomic E-state index is 0.284.